The number of ether oxygens (including phenoxy) is 2. The van der Waals surface area contributed by atoms with E-state index in [4.69, 9.17) is 9.47 Å². The first-order valence-corrected chi connectivity index (χ1v) is 12.2. The molecule has 2 unspecified atom stereocenters. The topological polar surface area (TPSA) is 38.8 Å². The van der Waals surface area contributed by atoms with Crippen molar-refractivity contribution in [2.24, 2.45) is 0 Å². The lowest BCUT2D eigenvalue weighted by atomic mass is 9.83. The van der Waals surface area contributed by atoms with Crippen molar-refractivity contribution in [3.63, 3.8) is 0 Å². The van der Waals surface area contributed by atoms with E-state index in [1.54, 1.807) is 7.11 Å². The third-order valence-corrected chi connectivity index (χ3v) is 7.62. The van der Waals surface area contributed by atoms with Crippen molar-refractivity contribution in [3.8, 4) is 16.9 Å². The number of nitrogens with zero attached hydrogens (tertiary/aromatic N) is 1. The van der Waals surface area contributed by atoms with Gasteiger partial charge in [-0.15, -0.1) is 0 Å². The van der Waals surface area contributed by atoms with Gasteiger partial charge in [0.25, 0.3) is 0 Å². The van der Waals surface area contributed by atoms with E-state index in [1.807, 2.05) is 17.0 Å². The first-order valence-electron chi connectivity index (χ1n) is 12.2. The molecule has 4 nitrogen and oxygen atoms in total. The number of carbonyl (C=O) groups excluding carboxylic acids is 1. The van der Waals surface area contributed by atoms with Gasteiger partial charge in [0.05, 0.1) is 13.2 Å². The van der Waals surface area contributed by atoms with Crippen LogP contribution in [0.1, 0.15) is 48.3 Å². The summed E-state index contributed by atoms with van der Waals surface area (Å²) in [7, 11) is 1.70. The van der Waals surface area contributed by atoms with Crippen LogP contribution in [0.2, 0.25) is 0 Å². The monoisotopic (exact) mass is 451 g/mol. The second kappa shape index (κ2) is 8.68. The molecule has 4 heteroatoms. The minimum atomic E-state index is -0.183. The average Bonchev–Trinajstić information content (AvgIpc) is 3.20. The van der Waals surface area contributed by atoms with Gasteiger partial charge < -0.3 is 9.47 Å². The molecule has 2 aliphatic heterocycles. The first-order chi connectivity index (χ1) is 16.7. The van der Waals surface area contributed by atoms with Crippen molar-refractivity contribution in [2.75, 3.05) is 13.7 Å². The number of hydrogen-bond acceptors (Lipinski definition) is 3. The fraction of sp³-hybridized carbons (Fsp3) is 0.300. The van der Waals surface area contributed by atoms with Crippen molar-refractivity contribution >= 4 is 11.7 Å². The van der Waals surface area contributed by atoms with Crippen LogP contribution in [-0.2, 0) is 4.74 Å². The maximum Gasteiger partial charge on any atom is 0.410 e. The lowest BCUT2D eigenvalue weighted by molar-refractivity contribution is 0.0539. The van der Waals surface area contributed by atoms with Crippen LogP contribution in [0.25, 0.3) is 16.7 Å². The van der Waals surface area contributed by atoms with Gasteiger partial charge in [-0.3, -0.25) is 4.90 Å². The molecule has 3 aromatic rings. The molecule has 1 fully saturated rings. The van der Waals surface area contributed by atoms with Gasteiger partial charge >= 0.3 is 6.09 Å². The molecule has 34 heavy (non-hydrogen) atoms. The Kier molecular flexibility index (Phi) is 5.37. The van der Waals surface area contributed by atoms with E-state index < -0.39 is 0 Å². The van der Waals surface area contributed by atoms with E-state index in [1.165, 1.54) is 33.4 Å². The number of amides is 1. The van der Waals surface area contributed by atoms with Crippen molar-refractivity contribution in [3.05, 3.63) is 95.6 Å². The largest absolute Gasteiger partial charge is 0.497 e. The highest BCUT2D eigenvalue weighted by Gasteiger charge is 2.39. The predicted octanol–water partition coefficient (Wildman–Crippen LogP) is 6.65. The Morgan fingerprint density at radius 2 is 1.68 bits per heavy atom. The molecule has 3 aliphatic rings. The van der Waals surface area contributed by atoms with E-state index in [9.17, 15) is 4.79 Å². The SMILES string of the molecule is COc1cccc(C2=CC3CCCC(C2)N3C(=O)OCC2c3ccccc3-c3ccccc32)c1. The van der Waals surface area contributed by atoms with Gasteiger partial charge in [0, 0.05) is 12.0 Å². The maximum atomic E-state index is 13.4. The van der Waals surface area contributed by atoms with Gasteiger partial charge in [0.2, 0.25) is 0 Å². The van der Waals surface area contributed by atoms with Crippen LogP contribution in [0.5, 0.6) is 5.75 Å². The molecule has 3 aromatic carbocycles. The lowest BCUT2D eigenvalue weighted by Gasteiger charge is -2.44. The van der Waals surface area contributed by atoms with Crippen LogP contribution in [0.4, 0.5) is 4.79 Å². The fourth-order valence-corrected chi connectivity index (χ4v) is 6.02. The summed E-state index contributed by atoms with van der Waals surface area (Å²) in [5.74, 6) is 0.950. The average molecular weight is 452 g/mol. The van der Waals surface area contributed by atoms with Crippen molar-refractivity contribution in [1.82, 2.24) is 4.90 Å². The summed E-state index contributed by atoms with van der Waals surface area (Å²) in [6, 6.07) is 25.4. The number of hydrogen-bond donors (Lipinski definition) is 0. The third-order valence-electron chi connectivity index (χ3n) is 7.62. The highest BCUT2D eigenvalue weighted by atomic mass is 16.6. The van der Waals surface area contributed by atoms with E-state index >= 15 is 0 Å². The summed E-state index contributed by atoms with van der Waals surface area (Å²) in [6.07, 6.45) is 6.08. The van der Waals surface area contributed by atoms with Gasteiger partial charge in [0.1, 0.15) is 12.4 Å². The molecule has 0 spiro atoms. The Morgan fingerprint density at radius 1 is 0.941 bits per heavy atom. The molecule has 1 amide bonds. The number of piperidine rings is 1. The molecule has 0 saturated carbocycles. The molecule has 6 rings (SSSR count). The first kappa shape index (κ1) is 21.0. The summed E-state index contributed by atoms with van der Waals surface area (Å²) < 4.78 is 11.4. The van der Waals surface area contributed by atoms with Crippen LogP contribution >= 0.6 is 0 Å². The zero-order valence-electron chi connectivity index (χ0n) is 19.4. The van der Waals surface area contributed by atoms with Gasteiger partial charge in [-0.25, -0.2) is 4.79 Å². The molecule has 2 heterocycles. The molecule has 2 bridgehead atoms. The summed E-state index contributed by atoms with van der Waals surface area (Å²) in [6.45, 7) is 0.370. The predicted molar refractivity (Wildman–Crippen MR) is 134 cm³/mol. The van der Waals surface area contributed by atoms with E-state index in [0.29, 0.717) is 6.61 Å². The standard InChI is InChI=1S/C30H29NO3/c1-33-24-11-6-8-20(18-24)21-16-22-9-7-10-23(17-21)31(22)30(32)34-19-29-27-14-4-2-12-25(27)26-13-3-5-15-28(26)29/h2-6,8,11-16,18,22-23,29H,7,9-10,17,19H2,1H3. The molecule has 172 valence electrons. The summed E-state index contributed by atoms with van der Waals surface area (Å²) in [5.41, 5.74) is 7.48. The fourth-order valence-electron chi connectivity index (χ4n) is 6.02. The van der Waals surface area contributed by atoms with Crippen molar-refractivity contribution in [2.45, 2.75) is 43.7 Å². The summed E-state index contributed by atoms with van der Waals surface area (Å²) in [5, 5.41) is 0. The van der Waals surface area contributed by atoms with Gasteiger partial charge in [0.15, 0.2) is 0 Å². The smallest absolute Gasteiger partial charge is 0.410 e. The summed E-state index contributed by atoms with van der Waals surface area (Å²) >= 11 is 0. The minimum absolute atomic E-state index is 0.0869. The zero-order chi connectivity index (χ0) is 23.1. The molecule has 1 saturated heterocycles. The van der Waals surface area contributed by atoms with Crippen LogP contribution in [0.3, 0.4) is 0 Å². The maximum absolute atomic E-state index is 13.4. The Labute approximate surface area is 200 Å². The molecule has 0 aromatic heterocycles. The number of carbonyl (C=O) groups is 1. The van der Waals surface area contributed by atoms with E-state index in [-0.39, 0.29) is 24.1 Å². The Bertz CT molecular complexity index is 1220. The normalized spacial score (nSPS) is 20.9. The number of methoxy groups -OCH3 is 1. The van der Waals surface area contributed by atoms with Gasteiger partial charge in [-0.2, -0.15) is 0 Å². The molecule has 0 radical (unpaired) electrons. The highest BCUT2D eigenvalue weighted by molar-refractivity contribution is 5.79. The molecule has 1 aliphatic carbocycles. The number of fused-ring (bicyclic) bond motifs is 5. The molecular formula is C30H29NO3. The lowest BCUT2D eigenvalue weighted by Crippen LogP contribution is -2.51. The van der Waals surface area contributed by atoms with Crippen molar-refractivity contribution < 1.29 is 14.3 Å². The third kappa shape index (κ3) is 3.58. The van der Waals surface area contributed by atoms with Crippen molar-refractivity contribution in [1.29, 1.82) is 0 Å². The van der Waals surface area contributed by atoms with Crippen LogP contribution in [0, 0.1) is 0 Å². The highest BCUT2D eigenvalue weighted by Crippen LogP contribution is 2.45. The Hall–Kier alpha value is -3.53. The quantitative estimate of drug-likeness (QED) is 0.445. The Morgan fingerprint density at radius 3 is 2.38 bits per heavy atom. The summed E-state index contributed by atoms with van der Waals surface area (Å²) in [4.78, 5) is 15.4. The minimum Gasteiger partial charge on any atom is -0.497 e. The zero-order valence-corrected chi connectivity index (χ0v) is 19.4. The van der Waals surface area contributed by atoms with Gasteiger partial charge in [-0.1, -0.05) is 66.7 Å². The molecule has 2 atom stereocenters. The number of rotatable bonds is 4. The second-order valence-corrected chi connectivity index (χ2v) is 9.49. The molecule has 0 N–H and O–H groups in total. The van der Waals surface area contributed by atoms with E-state index in [2.05, 4.69) is 66.7 Å². The molecular weight excluding hydrogens is 422 g/mol. The van der Waals surface area contributed by atoms with E-state index in [0.717, 1.165) is 31.4 Å². The van der Waals surface area contributed by atoms with Crippen LogP contribution < -0.4 is 4.74 Å². The van der Waals surface area contributed by atoms with Crippen LogP contribution in [-0.4, -0.2) is 36.8 Å². The second-order valence-electron chi connectivity index (χ2n) is 9.49. The van der Waals surface area contributed by atoms with Gasteiger partial charge in [-0.05, 0) is 71.2 Å². The van der Waals surface area contributed by atoms with Crippen LogP contribution in [0.15, 0.2) is 78.9 Å². The Balaban J connectivity index is 1.22. The number of benzene rings is 3.